The summed E-state index contributed by atoms with van der Waals surface area (Å²) in [7, 11) is 1.72. The van der Waals surface area contributed by atoms with Crippen LogP contribution in [0.25, 0.3) is 0 Å². The summed E-state index contributed by atoms with van der Waals surface area (Å²) in [5.74, 6) is 1.54. The number of aliphatic hydroxyl groups excluding tert-OH is 1. The van der Waals surface area contributed by atoms with Crippen LogP contribution in [0.2, 0.25) is 0 Å². The van der Waals surface area contributed by atoms with Crippen LogP contribution >= 0.6 is 0 Å². The molecule has 0 saturated carbocycles. The van der Waals surface area contributed by atoms with E-state index in [1.807, 2.05) is 12.1 Å². The van der Waals surface area contributed by atoms with Gasteiger partial charge >= 0.3 is 0 Å². The van der Waals surface area contributed by atoms with E-state index in [9.17, 15) is 0 Å². The molecule has 0 heterocycles. The molecule has 0 saturated heterocycles. The lowest BCUT2D eigenvalue weighted by molar-refractivity contribution is 0.275. The van der Waals surface area contributed by atoms with Gasteiger partial charge in [0, 0.05) is 6.61 Å². The van der Waals surface area contributed by atoms with E-state index in [1.165, 1.54) is 11.1 Å². The van der Waals surface area contributed by atoms with Crippen LogP contribution in [-0.4, -0.2) is 18.8 Å². The highest BCUT2D eigenvalue weighted by Crippen LogP contribution is 2.39. The van der Waals surface area contributed by atoms with Crippen LogP contribution in [-0.2, 0) is 6.42 Å². The molecular weight excluding hydrogens is 176 g/mol. The van der Waals surface area contributed by atoms with Crippen molar-refractivity contribution in [2.75, 3.05) is 13.7 Å². The zero-order valence-corrected chi connectivity index (χ0v) is 8.49. The van der Waals surface area contributed by atoms with Crippen molar-refractivity contribution in [3.63, 3.8) is 0 Å². The highest BCUT2D eigenvalue weighted by molar-refractivity contribution is 5.45. The van der Waals surface area contributed by atoms with Gasteiger partial charge < -0.3 is 9.84 Å². The average Bonchev–Trinajstić information content (AvgIpc) is 2.62. The van der Waals surface area contributed by atoms with E-state index in [0.29, 0.717) is 5.92 Å². The lowest BCUT2D eigenvalue weighted by Gasteiger charge is -2.10. The maximum Gasteiger partial charge on any atom is 0.122 e. The molecule has 2 nitrogen and oxygen atoms in total. The molecule has 2 rings (SSSR count). The monoisotopic (exact) mass is 192 g/mol. The van der Waals surface area contributed by atoms with Gasteiger partial charge in [-0.25, -0.2) is 0 Å². The third-order valence-electron chi connectivity index (χ3n) is 3.05. The molecule has 2 heteroatoms. The molecule has 0 amide bonds. The van der Waals surface area contributed by atoms with Crippen molar-refractivity contribution in [1.82, 2.24) is 0 Å². The summed E-state index contributed by atoms with van der Waals surface area (Å²) < 4.78 is 5.32. The average molecular weight is 192 g/mol. The number of methoxy groups -OCH3 is 1. The minimum absolute atomic E-state index is 0.279. The highest BCUT2D eigenvalue weighted by atomic mass is 16.5. The first-order valence-corrected chi connectivity index (χ1v) is 5.13. The van der Waals surface area contributed by atoms with Crippen molar-refractivity contribution in [1.29, 1.82) is 0 Å². The van der Waals surface area contributed by atoms with Crippen LogP contribution in [0.4, 0.5) is 0 Å². The number of aliphatic hydroxyl groups is 1. The molecule has 1 unspecified atom stereocenters. The lowest BCUT2D eigenvalue weighted by atomic mass is 9.98. The van der Waals surface area contributed by atoms with Crippen LogP contribution in [0.15, 0.2) is 18.2 Å². The Labute approximate surface area is 84.5 Å². The van der Waals surface area contributed by atoms with Gasteiger partial charge in [0.1, 0.15) is 5.75 Å². The zero-order chi connectivity index (χ0) is 9.97. The molecule has 1 aliphatic rings. The maximum atomic E-state index is 8.95. The first-order chi connectivity index (χ1) is 6.86. The van der Waals surface area contributed by atoms with Gasteiger partial charge in [-0.1, -0.05) is 12.1 Å². The molecule has 1 N–H and O–H groups in total. The van der Waals surface area contributed by atoms with Gasteiger partial charge in [0.15, 0.2) is 0 Å². The van der Waals surface area contributed by atoms with E-state index in [4.69, 9.17) is 9.84 Å². The summed E-state index contributed by atoms with van der Waals surface area (Å²) in [5.41, 5.74) is 2.71. The number of benzene rings is 1. The Balaban J connectivity index is 2.31. The fraction of sp³-hybridized carbons (Fsp3) is 0.500. The second-order valence-electron chi connectivity index (χ2n) is 3.78. The Morgan fingerprint density at radius 1 is 1.50 bits per heavy atom. The summed E-state index contributed by atoms with van der Waals surface area (Å²) in [6.45, 7) is 0.279. The number of fused-ring (bicyclic) bond motifs is 1. The van der Waals surface area contributed by atoms with Gasteiger partial charge in [0.05, 0.1) is 7.11 Å². The fourth-order valence-electron chi connectivity index (χ4n) is 2.35. The smallest absolute Gasteiger partial charge is 0.122 e. The van der Waals surface area contributed by atoms with E-state index in [0.717, 1.165) is 25.0 Å². The number of rotatable bonds is 3. The van der Waals surface area contributed by atoms with Crippen molar-refractivity contribution in [2.45, 2.75) is 25.2 Å². The lowest BCUT2D eigenvalue weighted by Crippen LogP contribution is -1.97. The number of ether oxygens (including phenoxy) is 1. The van der Waals surface area contributed by atoms with E-state index >= 15 is 0 Å². The quantitative estimate of drug-likeness (QED) is 0.794. The Hall–Kier alpha value is -1.02. The molecule has 76 valence electrons. The summed E-state index contributed by atoms with van der Waals surface area (Å²) in [6.07, 6.45) is 3.11. The van der Waals surface area contributed by atoms with Crippen molar-refractivity contribution in [3.05, 3.63) is 29.3 Å². The summed E-state index contributed by atoms with van der Waals surface area (Å²) in [6, 6.07) is 6.21. The van der Waals surface area contributed by atoms with Crippen LogP contribution in [0.1, 0.15) is 29.9 Å². The fourth-order valence-corrected chi connectivity index (χ4v) is 2.35. The second kappa shape index (κ2) is 4.01. The molecule has 0 radical (unpaired) electrons. The molecule has 0 spiro atoms. The predicted octanol–water partition coefficient (Wildman–Crippen LogP) is 2.11. The molecule has 14 heavy (non-hydrogen) atoms. The van der Waals surface area contributed by atoms with E-state index < -0.39 is 0 Å². The summed E-state index contributed by atoms with van der Waals surface area (Å²) in [5, 5.41) is 8.95. The van der Waals surface area contributed by atoms with E-state index in [-0.39, 0.29) is 6.61 Å². The Morgan fingerprint density at radius 3 is 3.07 bits per heavy atom. The minimum atomic E-state index is 0.279. The summed E-state index contributed by atoms with van der Waals surface area (Å²) >= 11 is 0. The molecule has 0 fully saturated rings. The largest absolute Gasteiger partial charge is 0.496 e. The van der Waals surface area contributed by atoms with Gasteiger partial charge in [-0.15, -0.1) is 0 Å². The van der Waals surface area contributed by atoms with Crippen LogP contribution in [0, 0.1) is 0 Å². The van der Waals surface area contributed by atoms with Crippen molar-refractivity contribution < 1.29 is 9.84 Å². The Morgan fingerprint density at radius 2 is 2.36 bits per heavy atom. The molecule has 1 aromatic carbocycles. The molecule has 1 aliphatic carbocycles. The van der Waals surface area contributed by atoms with Crippen LogP contribution < -0.4 is 4.74 Å². The first kappa shape index (κ1) is 9.53. The SMILES string of the molecule is COc1cccc2c1CCC2CCO. The predicted molar refractivity (Wildman–Crippen MR) is 55.8 cm³/mol. The third-order valence-corrected chi connectivity index (χ3v) is 3.05. The van der Waals surface area contributed by atoms with Gasteiger partial charge in [0.2, 0.25) is 0 Å². The molecule has 1 aromatic rings. The maximum absolute atomic E-state index is 8.95. The molecule has 0 bridgehead atoms. The van der Waals surface area contributed by atoms with Gasteiger partial charge in [-0.2, -0.15) is 0 Å². The van der Waals surface area contributed by atoms with Crippen molar-refractivity contribution >= 4 is 0 Å². The normalized spacial score (nSPS) is 19.4. The van der Waals surface area contributed by atoms with E-state index in [1.54, 1.807) is 7.11 Å². The molecule has 1 atom stereocenters. The molecule has 0 aromatic heterocycles. The van der Waals surface area contributed by atoms with Crippen molar-refractivity contribution in [2.24, 2.45) is 0 Å². The van der Waals surface area contributed by atoms with Gasteiger partial charge in [-0.05, 0) is 42.4 Å². The second-order valence-corrected chi connectivity index (χ2v) is 3.78. The summed E-state index contributed by atoms with van der Waals surface area (Å²) in [4.78, 5) is 0. The zero-order valence-electron chi connectivity index (χ0n) is 8.49. The van der Waals surface area contributed by atoms with E-state index in [2.05, 4.69) is 6.07 Å². The molecular formula is C12H16O2. The van der Waals surface area contributed by atoms with Crippen molar-refractivity contribution in [3.8, 4) is 5.75 Å². The topological polar surface area (TPSA) is 29.5 Å². The van der Waals surface area contributed by atoms with Crippen LogP contribution in [0.5, 0.6) is 5.75 Å². The van der Waals surface area contributed by atoms with Gasteiger partial charge in [0.25, 0.3) is 0 Å². The Bertz CT molecular complexity index is 320. The number of hydrogen-bond acceptors (Lipinski definition) is 2. The minimum Gasteiger partial charge on any atom is -0.496 e. The van der Waals surface area contributed by atoms with Gasteiger partial charge in [-0.3, -0.25) is 0 Å². The Kier molecular flexibility index (Phi) is 2.73. The highest BCUT2D eigenvalue weighted by Gasteiger charge is 2.24. The first-order valence-electron chi connectivity index (χ1n) is 5.13. The molecule has 0 aliphatic heterocycles. The number of hydrogen-bond donors (Lipinski definition) is 1. The standard InChI is InChI=1S/C12H16O2/c1-14-12-4-2-3-10-9(7-8-13)5-6-11(10)12/h2-4,9,13H,5-8H2,1H3. The van der Waals surface area contributed by atoms with Crippen LogP contribution in [0.3, 0.4) is 0 Å². The third kappa shape index (κ3) is 1.50.